The Kier molecular flexibility index (Phi) is 2.45. The Bertz CT molecular complexity index is 271. The maximum Gasteiger partial charge on any atom is 0.169 e. The standard InChI is InChI=1S/C5H4BrIN2O/c1-9-3(2-10)4(7)5(6)8-9/h2H,1H3. The number of aryl methyl sites for hydroxylation is 1. The van der Waals surface area contributed by atoms with Crippen molar-refractivity contribution in [3.05, 3.63) is 13.9 Å². The van der Waals surface area contributed by atoms with Crippen molar-refractivity contribution in [3.63, 3.8) is 0 Å². The molecule has 0 unspecified atom stereocenters. The van der Waals surface area contributed by atoms with E-state index in [2.05, 4.69) is 43.6 Å². The minimum atomic E-state index is 0.604. The van der Waals surface area contributed by atoms with Gasteiger partial charge < -0.3 is 0 Å². The molecular formula is C5H4BrIN2O. The number of carbonyl (C=O) groups excluding carboxylic acids is 1. The summed E-state index contributed by atoms with van der Waals surface area (Å²) in [6.07, 6.45) is 0.791. The fraction of sp³-hybridized carbons (Fsp3) is 0.200. The van der Waals surface area contributed by atoms with Crippen LogP contribution in [-0.2, 0) is 7.05 Å². The van der Waals surface area contributed by atoms with E-state index in [0.29, 0.717) is 5.69 Å². The summed E-state index contributed by atoms with van der Waals surface area (Å²) in [5.41, 5.74) is 0.604. The van der Waals surface area contributed by atoms with Gasteiger partial charge in [-0.2, -0.15) is 5.10 Å². The molecule has 0 atom stereocenters. The molecule has 0 N–H and O–H groups in total. The third-order valence-corrected chi connectivity index (χ3v) is 3.46. The second kappa shape index (κ2) is 3.00. The van der Waals surface area contributed by atoms with E-state index >= 15 is 0 Å². The lowest BCUT2D eigenvalue weighted by atomic mass is 10.5. The Morgan fingerprint density at radius 3 is 2.60 bits per heavy atom. The molecule has 0 spiro atoms. The number of hydrogen-bond donors (Lipinski definition) is 0. The highest BCUT2D eigenvalue weighted by Crippen LogP contribution is 2.19. The molecule has 0 aromatic carbocycles. The Balaban J connectivity index is 3.33. The van der Waals surface area contributed by atoms with Crippen LogP contribution in [0, 0.1) is 3.57 Å². The van der Waals surface area contributed by atoms with Gasteiger partial charge in [0.1, 0.15) is 10.3 Å². The Hall–Kier alpha value is 0.0900. The molecule has 10 heavy (non-hydrogen) atoms. The average molecular weight is 315 g/mol. The Morgan fingerprint density at radius 1 is 1.80 bits per heavy atom. The van der Waals surface area contributed by atoms with Crippen LogP contribution in [0.4, 0.5) is 0 Å². The molecule has 0 aliphatic heterocycles. The zero-order valence-corrected chi connectivity index (χ0v) is 8.88. The van der Waals surface area contributed by atoms with Crippen molar-refractivity contribution in [2.45, 2.75) is 0 Å². The van der Waals surface area contributed by atoms with Crippen molar-refractivity contribution in [1.82, 2.24) is 9.78 Å². The van der Waals surface area contributed by atoms with E-state index in [-0.39, 0.29) is 0 Å². The summed E-state index contributed by atoms with van der Waals surface area (Å²) in [6.45, 7) is 0. The van der Waals surface area contributed by atoms with Gasteiger partial charge in [-0.15, -0.1) is 0 Å². The smallest absolute Gasteiger partial charge is 0.169 e. The van der Waals surface area contributed by atoms with E-state index in [0.717, 1.165) is 14.5 Å². The van der Waals surface area contributed by atoms with Gasteiger partial charge in [0.05, 0.1) is 3.57 Å². The summed E-state index contributed by atoms with van der Waals surface area (Å²) in [5.74, 6) is 0. The van der Waals surface area contributed by atoms with Crippen molar-refractivity contribution >= 4 is 44.8 Å². The predicted octanol–water partition coefficient (Wildman–Crippen LogP) is 1.60. The third kappa shape index (κ3) is 1.24. The lowest BCUT2D eigenvalue weighted by molar-refractivity contribution is 0.111. The van der Waals surface area contributed by atoms with E-state index in [9.17, 15) is 4.79 Å². The van der Waals surface area contributed by atoms with E-state index < -0.39 is 0 Å². The molecule has 0 aliphatic rings. The third-order valence-electron chi connectivity index (χ3n) is 1.10. The first-order chi connectivity index (χ1) is 4.66. The maximum atomic E-state index is 10.4. The molecule has 3 nitrogen and oxygen atoms in total. The number of aromatic nitrogens is 2. The van der Waals surface area contributed by atoms with Gasteiger partial charge in [-0.05, 0) is 38.5 Å². The molecule has 0 fully saturated rings. The average Bonchev–Trinajstić information content (AvgIpc) is 2.09. The van der Waals surface area contributed by atoms with Crippen LogP contribution >= 0.6 is 38.5 Å². The Labute approximate surface area is 80.1 Å². The minimum Gasteiger partial charge on any atom is -0.296 e. The van der Waals surface area contributed by atoms with Crippen molar-refractivity contribution in [3.8, 4) is 0 Å². The highest BCUT2D eigenvalue weighted by Gasteiger charge is 2.09. The van der Waals surface area contributed by atoms with Crippen LogP contribution in [0.25, 0.3) is 0 Å². The maximum absolute atomic E-state index is 10.4. The lowest BCUT2D eigenvalue weighted by Crippen LogP contribution is -1.96. The minimum absolute atomic E-state index is 0.604. The molecule has 0 saturated carbocycles. The lowest BCUT2D eigenvalue weighted by Gasteiger charge is -1.88. The van der Waals surface area contributed by atoms with Crippen LogP contribution in [0.1, 0.15) is 10.5 Å². The molecule has 0 radical (unpaired) electrons. The van der Waals surface area contributed by atoms with Crippen LogP contribution in [0.15, 0.2) is 4.60 Å². The largest absolute Gasteiger partial charge is 0.296 e. The second-order valence-corrected chi connectivity index (χ2v) is 3.56. The van der Waals surface area contributed by atoms with Gasteiger partial charge in [0, 0.05) is 7.05 Å². The van der Waals surface area contributed by atoms with Crippen LogP contribution in [0.5, 0.6) is 0 Å². The van der Waals surface area contributed by atoms with Gasteiger partial charge in [-0.25, -0.2) is 0 Å². The number of halogens is 2. The number of aldehydes is 1. The summed E-state index contributed by atoms with van der Waals surface area (Å²) < 4.78 is 3.12. The van der Waals surface area contributed by atoms with E-state index in [4.69, 9.17) is 0 Å². The highest BCUT2D eigenvalue weighted by atomic mass is 127. The number of hydrogen-bond acceptors (Lipinski definition) is 2. The van der Waals surface area contributed by atoms with Crippen molar-refractivity contribution < 1.29 is 4.79 Å². The zero-order chi connectivity index (χ0) is 7.72. The highest BCUT2D eigenvalue weighted by molar-refractivity contribution is 14.1. The van der Waals surface area contributed by atoms with Crippen molar-refractivity contribution in [1.29, 1.82) is 0 Å². The molecule has 0 amide bonds. The van der Waals surface area contributed by atoms with Gasteiger partial charge in [-0.1, -0.05) is 0 Å². The fourth-order valence-corrected chi connectivity index (χ4v) is 1.63. The molecule has 1 aromatic heterocycles. The SMILES string of the molecule is Cn1nc(Br)c(I)c1C=O. The molecule has 0 bridgehead atoms. The fourth-order valence-electron chi connectivity index (χ4n) is 0.605. The van der Waals surface area contributed by atoms with Crippen molar-refractivity contribution in [2.24, 2.45) is 7.05 Å². The van der Waals surface area contributed by atoms with Gasteiger partial charge >= 0.3 is 0 Å². The summed E-state index contributed by atoms with van der Waals surface area (Å²) in [5, 5.41) is 3.98. The molecule has 1 rings (SSSR count). The molecule has 54 valence electrons. The van der Waals surface area contributed by atoms with Gasteiger partial charge in [0.2, 0.25) is 0 Å². The normalized spacial score (nSPS) is 9.90. The molecule has 0 saturated heterocycles. The van der Waals surface area contributed by atoms with Gasteiger partial charge in [0.25, 0.3) is 0 Å². The molecule has 0 aliphatic carbocycles. The molecular weight excluding hydrogens is 311 g/mol. The summed E-state index contributed by atoms with van der Waals surface area (Å²) >= 11 is 5.27. The van der Waals surface area contributed by atoms with Crippen molar-refractivity contribution in [2.75, 3.05) is 0 Å². The van der Waals surface area contributed by atoms with E-state index in [1.165, 1.54) is 0 Å². The first kappa shape index (κ1) is 8.19. The number of rotatable bonds is 1. The first-order valence-electron chi connectivity index (χ1n) is 2.50. The number of carbonyl (C=O) groups is 1. The van der Waals surface area contributed by atoms with Gasteiger partial charge in [0.15, 0.2) is 6.29 Å². The monoisotopic (exact) mass is 314 g/mol. The topological polar surface area (TPSA) is 34.9 Å². The number of nitrogens with zero attached hydrogens (tertiary/aromatic N) is 2. The van der Waals surface area contributed by atoms with Crippen LogP contribution in [0.3, 0.4) is 0 Å². The molecule has 1 heterocycles. The molecule has 5 heteroatoms. The van der Waals surface area contributed by atoms with E-state index in [1.54, 1.807) is 11.7 Å². The predicted molar refractivity (Wildman–Crippen MR) is 49.0 cm³/mol. The quantitative estimate of drug-likeness (QED) is 0.583. The second-order valence-electron chi connectivity index (χ2n) is 1.73. The summed E-state index contributed by atoms with van der Waals surface area (Å²) in [6, 6.07) is 0. The Morgan fingerprint density at radius 2 is 2.40 bits per heavy atom. The summed E-state index contributed by atoms with van der Waals surface area (Å²) in [7, 11) is 1.73. The van der Waals surface area contributed by atoms with E-state index in [1.807, 2.05) is 0 Å². The summed E-state index contributed by atoms with van der Waals surface area (Å²) in [4.78, 5) is 10.4. The van der Waals surface area contributed by atoms with Crippen LogP contribution in [0.2, 0.25) is 0 Å². The molecule has 1 aromatic rings. The zero-order valence-electron chi connectivity index (χ0n) is 5.14. The van der Waals surface area contributed by atoms with Gasteiger partial charge in [-0.3, -0.25) is 9.48 Å². The van der Waals surface area contributed by atoms with Crippen LogP contribution < -0.4 is 0 Å². The first-order valence-corrected chi connectivity index (χ1v) is 4.37. The van der Waals surface area contributed by atoms with Crippen LogP contribution in [-0.4, -0.2) is 16.1 Å².